The first-order chi connectivity index (χ1) is 22.8. The lowest BCUT2D eigenvalue weighted by atomic mass is 9.94. The molecule has 0 radical (unpaired) electrons. The molecule has 3 nitrogen and oxygen atoms in total. The van der Waals surface area contributed by atoms with Gasteiger partial charge in [0.25, 0.3) is 0 Å². The second-order valence-corrected chi connectivity index (χ2v) is 11.9. The van der Waals surface area contributed by atoms with Crippen LogP contribution >= 0.6 is 0 Å². The molecule has 0 saturated heterocycles. The van der Waals surface area contributed by atoms with Crippen LogP contribution in [-0.4, -0.2) is 9.55 Å². The van der Waals surface area contributed by atoms with E-state index in [-0.39, 0.29) is 0 Å². The van der Waals surface area contributed by atoms with Gasteiger partial charge in [0.15, 0.2) is 0 Å². The summed E-state index contributed by atoms with van der Waals surface area (Å²) in [5, 5.41) is 5.80. The molecule has 0 fully saturated rings. The molecular weight excluding hydrogens is 560 g/mol. The minimum absolute atomic E-state index is 0.870. The first-order valence-electron chi connectivity index (χ1n) is 15.6. The predicted octanol–water partition coefficient (Wildman–Crippen LogP) is 11.6. The Hall–Kier alpha value is -6.19. The molecule has 46 heavy (non-hydrogen) atoms. The van der Waals surface area contributed by atoms with Crippen LogP contribution in [0.2, 0.25) is 0 Å². The van der Waals surface area contributed by atoms with E-state index in [1.54, 1.807) is 0 Å². The number of para-hydroxylation sites is 3. The Bertz CT molecular complexity index is 2680. The van der Waals surface area contributed by atoms with E-state index in [2.05, 4.69) is 156 Å². The molecule has 2 aromatic heterocycles. The number of benzene rings is 7. The van der Waals surface area contributed by atoms with Gasteiger partial charge in [0.1, 0.15) is 11.5 Å². The minimum Gasteiger partial charge on any atom is -0.455 e. The summed E-state index contributed by atoms with van der Waals surface area (Å²) in [6, 6.07) is 55.8. The Kier molecular flexibility index (Phi) is 5.28. The Labute approximate surface area is 265 Å². The molecule has 0 bridgehead atoms. The number of pyridine rings is 1. The molecule has 1 aliphatic heterocycles. The molecule has 0 amide bonds. The molecule has 0 aliphatic carbocycles. The number of nitrogens with zero attached hydrogens (tertiary/aromatic N) is 2. The zero-order chi connectivity index (χ0) is 30.2. The second kappa shape index (κ2) is 9.65. The van der Waals surface area contributed by atoms with Crippen LogP contribution in [0.1, 0.15) is 0 Å². The maximum absolute atomic E-state index is 6.91. The average Bonchev–Trinajstić information content (AvgIpc) is 3.39. The van der Waals surface area contributed by atoms with Gasteiger partial charge in [-0.3, -0.25) is 0 Å². The summed E-state index contributed by atoms with van der Waals surface area (Å²) in [6.07, 6.45) is 0. The molecular formula is C43H26N2O. The van der Waals surface area contributed by atoms with Gasteiger partial charge in [0.2, 0.25) is 0 Å². The van der Waals surface area contributed by atoms with Crippen molar-refractivity contribution >= 4 is 43.5 Å². The number of rotatable bonds is 2. The molecule has 3 heterocycles. The van der Waals surface area contributed by atoms with Crippen molar-refractivity contribution in [3.8, 4) is 50.7 Å². The molecule has 9 aromatic rings. The van der Waals surface area contributed by atoms with E-state index in [1.165, 1.54) is 21.9 Å². The smallest absolute Gasteiger partial charge is 0.145 e. The van der Waals surface area contributed by atoms with Crippen LogP contribution in [0.3, 0.4) is 0 Å². The van der Waals surface area contributed by atoms with E-state index in [0.29, 0.717) is 0 Å². The third kappa shape index (κ3) is 3.57. The van der Waals surface area contributed by atoms with E-state index in [9.17, 15) is 0 Å². The molecule has 3 heteroatoms. The third-order valence-corrected chi connectivity index (χ3v) is 9.38. The van der Waals surface area contributed by atoms with Crippen LogP contribution in [0.5, 0.6) is 11.5 Å². The van der Waals surface area contributed by atoms with Crippen molar-refractivity contribution in [3.05, 3.63) is 158 Å². The molecule has 0 atom stereocenters. The summed E-state index contributed by atoms with van der Waals surface area (Å²) in [7, 11) is 0. The van der Waals surface area contributed by atoms with Crippen molar-refractivity contribution in [2.24, 2.45) is 0 Å². The highest BCUT2D eigenvalue weighted by Crippen LogP contribution is 2.51. The number of ether oxygens (including phenoxy) is 1. The van der Waals surface area contributed by atoms with E-state index in [1.807, 2.05) is 6.07 Å². The Morgan fingerprint density at radius 1 is 0.457 bits per heavy atom. The zero-order valence-corrected chi connectivity index (χ0v) is 24.8. The summed E-state index contributed by atoms with van der Waals surface area (Å²) in [6.45, 7) is 0. The van der Waals surface area contributed by atoms with Gasteiger partial charge in [0, 0.05) is 38.5 Å². The number of fused-ring (bicyclic) bond motifs is 12. The average molecular weight is 587 g/mol. The first-order valence-corrected chi connectivity index (χ1v) is 15.6. The van der Waals surface area contributed by atoms with Gasteiger partial charge in [-0.2, -0.15) is 0 Å². The summed E-state index contributed by atoms with van der Waals surface area (Å²) in [5.74, 6) is 1.76. The van der Waals surface area contributed by atoms with Crippen LogP contribution in [0.4, 0.5) is 0 Å². The normalized spacial score (nSPS) is 12.1. The first kappa shape index (κ1) is 25.2. The van der Waals surface area contributed by atoms with Crippen LogP contribution in [-0.2, 0) is 0 Å². The number of hydrogen-bond donors (Lipinski definition) is 0. The Balaban J connectivity index is 1.25. The van der Waals surface area contributed by atoms with Gasteiger partial charge in [0.05, 0.1) is 27.6 Å². The van der Waals surface area contributed by atoms with Crippen molar-refractivity contribution in [1.82, 2.24) is 9.55 Å². The highest BCUT2D eigenvalue weighted by atomic mass is 16.5. The largest absolute Gasteiger partial charge is 0.455 e. The maximum Gasteiger partial charge on any atom is 0.145 e. The van der Waals surface area contributed by atoms with Crippen LogP contribution in [0, 0.1) is 0 Å². The van der Waals surface area contributed by atoms with E-state index in [4.69, 9.17) is 9.72 Å². The molecule has 0 saturated carbocycles. The summed E-state index contributed by atoms with van der Waals surface area (Å²) in [4.78, 5) is 5.20. The van der Waals surface area contributed by atoms with Crippen LogP contribution < -0.4 is 4.74 Å². The molecule has 1 aliphatic rings. The SMILES string of the molecule is c1cc(-c2nc3ccccc3c3ccccc23)cc(-n2c3ccccc3c3c4c(ccc32)-c2ccccc2-c2ccccc2O4)c1. The summed E-state index contributed by atoms with van der Waals surface area (Å²) >= 11 is 0. The number of hydrogen-bond acceptors (Lipinski definition) is 2. The van der Waals surface area contributed by atoms with Gasteiger partial charge < -0.3 is 9.30 Å². The van der Waals surface area contributed by atoms with E-state index < -0.39 is 0 Å². The summed E-state index contributed by atoms with van der Waals surface area (Å²) in [5.41, 5.74) is 11.0. The van der Waals surface area contributed by atoms with Gasteiger partial charge in [-0.05, 0) is 59.0 Å². The van der Waals surface area contributed by atoms with Crippen molar-refractivity contribution in [2.75, 3.05) is 0 Å². The topological polar surface area (TPSA) is 27.1 Å². The molecule has 10 rings (SSSR count). The second-order valence-electron chi connectivity index (χ2n) is 11.9. The van der Waals surface area contributed by atoms with Crippen molar-refractivity contribution in [3.63, 3.8) is 0 Å². The predicted molar refractivity (Wildman–Crippen MR) is 190 cm³/mol. The maximum atomic E-state index is 6.91. The lowest BCUT2D eigenvalue weighted by molar-refractivity contribution is 0.493. The number of aromatic nitrogens is 2. The highest BCUT2D eigenvalue weighted by Gasteiger charge is 2.25. The van der Waals surface area contributed by atoms with Gasteiger partial charge in [-0.15, -0.1) is 0 Å². The van der Waals surface area contributed by atoms with E-state index >= 15 is 0 Å². The van der Waals surface area contributed by atoms with Gasteiger partial charge >= 0.3 is 0 Å². The standard InChI is InChI=1S/C43H26N2O/c1-2-15-30-29(14-1)33-18-7-10-23-40(33)46-43-35(30)24-25-39-41(43)36-20-6-9-22-38(36)45(39)28-13-11-12-27(26-28)42-34-19-4-3-16-31(34)32-17-5-8-21-37(32)44-42/h1-26H. The lowest BCUT2D eigenvalue weighted by Gasteiger charge is -2.14. The van der Waals surface area contributed by atoms with Crippen LogP contribution in [0.15, 0.2) is 158 Å². The Morgan fingerprint density at radius 2 is 1.13 bits per heavy atom. The molecule has 7 aromatic carbocycles. The monoisotopic (exact) mass is 586 g/mol. The molecule has 0 unspecified atom stereocenters. The fraction of sp³-hybridized carbons (Fsp3) is 0. The lowest BCUT2D eigenvalue weighted by Crippen LogP contribution is -1.96. The minimum atomic E-state index is 0.870. The molecule has 214 valence electrons. The summed E-state index contributed by atoms with van der Waals surface area (Å²) < 4.78 is 9.28. The van der Waals surface area contributed by atoms with Gasteiger partial charge in [-0.1, -0.05) is 115 Å². The quantitative estimate of drug-likeness (QED) is 0.188. The fourth-order valence-electron chi connectivity index (χ4n) is 7.38. The van der Waals surface area contributed by atoms with Crippen LogP contribution in [0.25, 0.3) is 82.7 Å². The van der Waals surface area contributed by atoms with Gasteiger partial charge in [-0.25, -0.2) is 4.98 Å². The Morgan fingerprint density at radius 3 is 2.00 bits per heavy atom. The fourth-order valence-corrected chi connectivity index (χ4v) is 7.38. The van der Waals surface area contributed by atoms with Crippen molar-refractivity contribution in [2.45, 2.75) is 0 Å². The van der Waals surface area contributed by atoms with Crippen molar-refractivity contribution in [1.29, 1.82) is 0 Å². The third-order valence-electron chi connectivity index (χ3n) is 9.38. The van der Waals surface area contributed by atoms with E-state index in [0.717, 1.165) is 72.3 Å². The zero-order valence-electron chi connectivity index (χ0n) is 24.8. The molecule has 0 spiro atoms. The molecule has 0 N–H and O–H groups in total. The van der Waals surface area contributed by atoms with Crippen molar-refractivity contribution < 1.29 is 4.74 Å². The highest BCUT2D eigenvalue weighted by molar-refractivity contribution is 6.16.